The van der Waals surface area contributed by atoms with Gasteiger partial charge in [0.2, 0.25) is 0 Å². The van der Waals surface area contributed by atoms with E-state index in [2.05, 4.69) is 39.5 Å². The van der Waals surface area contributed by atoms with E-state index in [1.54, 1.807) is 5.57 Å². The fourth-order valence-electron chi connectivity index (χ4n) is 1.53. The van der Waals surface area contributed by atoms with E-state index in [0.29, 0.717) is 0 Å². The van der Waals surface area contributed by atoms with Gasteiger partial charge in [-0.25, -0.2) is 0 Å². The molecule has 0 amide bonds. The minimum Gasteiger partial charge on any atom is -0.299 e. The van der Waals surface area contributed by atoms with E-state index < -0.39 is 0 Å². The van der Waals surface area contributed by atoms with Gasteiger partial charge in [-0.05, 0) is 46.7 Å². The van der Waals surface area contributed by atoms with Crippen molar-refractivity contribution >= 4 is 0 Å². The van der Waals surface area contributed by atoms with Gasteiger partial charge in [-0.2, -0.15) is 0 Å². The van der Waals surface area contributed by atoms with E-state index in [1.165, 1.54) is 50.9 Å². The molecule has 1 nitrogen and oxygen atoms in total. The third-order valence-electron chi connectivity index (χ3n) is 2.97. The molecule has 0 heterocycles. The predicted octanol–water partition coefficient (Wildman–Crippen LogP) is 4.24. The highest BCUT2D eigenvalue weighted by Crippen LogP contribution is 2.07. The van der Waals surface area contributed by atoms with E-state index in [4.69, 9.17) is 0 Å². The Bertz CT molecular complexity index is 170. The summed E-state index contributed by atoms with van der Waals surface area (Å²) in [5.41, 5.74) is 3.02. The summed E-state index contributed by atoms with van der Waals surface area (Å²) < 4.78 is 0. The Labute approximate surface area is 96.6 Å². The molecule has 0 aromatic carbocycles. The van der Waals surface area contributed by atoms with Crippen LogP contribution in [0.15, 0.2) is 11.1 Å². The molecule has 0 fully saturated rings. The molecule has 0 saturated heterocycles. The van der Waals surface area contributed by atoms with E-state index >= 15 is 0 Å². The summed E-state index contributed by atoms with van der Waals surface area (Å²) in [7, 11) is 0. The first kappa shape index (κ1) is 14.7. The Hall–Kier alpha value is -0.300. The van der Waals surface area contributed by atoms with E-state index in [-0.39, 0.29) is 0 Å². The highest BCUT2D eigenvalue weighted by Gasteiger charge is 2.04. The van der Waals surface area contributed by atoms with Gasteiger partial charge in [-0.1, -0.05) is 37.8 Å². The molecule has 0 aliphatic carbocycles. The maximum absolute atomic E-state index is 2.61. The summed E-state index contributed by atoms with van der Waals surface area (Å²) in [6.07, 6.45) is 5.27. The van der Waals surface area contributed by atoms with Crippen molar-refractivity contribution in [1.82, 2.24) is 4.90 Å². The van der Waals surface area contributed by atoms with Crippen molar-refractivity contribution in [2.75, 3.05) is 19.6 Å². The van der Waals surface area contributed by atoms with Gasteiger partial charge >= 0.3 is 0 Å². The molecule has 90 valence electrons. The Morgan fingerprint density at radius 2 is 1.33 bits per heavy atom. The minimum atomic E-state index is 1.17. The van der Waals surface area contributed by atoms with Crippen LogP contribution in [0.2, 0.25) is 0 Å². The van der Waals surface area contributed by atoms with E-state index in [9.17, 15) is 0 Å². The van der Waals surface area contributed by atoms with Gasteiger partial charge in [-0.3, -0.25) is 4.90 Å². The first-order valence-electron chi connectivity index (χ1n) is 6.47. The van der Waals surface area contributed by atoms with Crippen molar-refractivity contribution in [3.05, 3.63) is 11.1 Å². The fourth-order valence-corrected chi connectivity index (χ4v) is 1.53. The van der Waals surface area contributed by atoms with Crippen molar-refractivity contribution in [3.63, 3.8) is 0 Å². The summed E-state index contributed by atoms with van der Waals surface area (Å²) in [5.74, 6) is 0. The fraction of sp³-hybridized carbons (Fsp3) is 0.857. The molecule has 0 spiro atoms. The number of hydrogen-bond donors (Lipinski definition) is 0. The molecule has 0 aromatic rings. The SMILES string of the molecule is CCCCN(CCCC)CC(C)=C(C)C. The van der Waals surface area contributed by atoms with Crippen LogP contribution < -0.4 is 0 Å². The summed E-state index contributed by atoms with van der Waals surface area (Å²) >= 11 is 0. The van der Waals surface area contributed by atoms with Gasteiger partial charge in [0.1, 0.15) is 0 Å². The number of hydrogen-bond acceptors (Lipinski definition) is 1. The smallest absolute Gasteiger partial charge is 0.0192 e. The van der Waals surface area contributed by atoms with Gasteiger partial charge in [0.25, 0.3) is 0 Å². The van der Waals surface area contributed by atoms with E-state index in [0.717, 1.165) is 0 Å². The van der Waals surface area contributed by atoms with Crippen molar-refractivity contribution in [1.29, 1.82) is 0 Å². The second-order valence-corrected chi connectivity index (χ2v) is 4.76. The van der Waals surface area contributed by atoms with Crippen LogP contribution in [-0.2, 0) is 0 Å². The van der Waals surface area contributed by atoms with Crippen LogP contribution in [0.4, 0.5) is 0 Å². The number of allylic oxidation sites excluding steroid dienone is 1. The number of nitrogens with zero attached hydrogens (tertiary/aromatic N) is 1. The molecule has 1 heteroatoms. The van der Waals surface area contributed by atoms with Crippen LogP contribution in [0, 0.1) is 0 Å². The zero-order chi connectivity index (χ0) is 11.7. The maximum Gasteiger partial charge on any atom is 0.0192 e. The molecular formula is C14H29N. The predicted molar refractivity (Wildman–Crippen MR) is 70.3 cm³/mol. The monoisotopic (exact) mass is 211 g/mol. The molecule has 0 aliphatic heterocycles. The standard InChI is InChI=1S/C14H29N/c1-6-8-10-15(11-9-7-2)12-14(5)13(3)4/h6-12H2,1-5H3. The molecule has 0 N–H and O–H groups in total. The van der Waals surface area contributed by atoms with Crippen molar-refractivity contribution in [2.24, 2.45) is 0 Å². The van der Waals surface area contributed by atoms with Gasteiger partial charge in [0, 0.05) is 6.54 Å². The Balaban J connectivity index is 4.05. The lowest BCUT2D eigenvalue weighted by Gasteiger charge is -2.23. The van der Waals surface area contributed by atoms with Gasteiger partial charge in [0.05, 0.1) is 0 Å². The summed E-state index contributed by atoms with van der Waals surface area (Å²) in [6, 6.07) is 0. The Kier molecular flexibility index (Phi) is 8.79. The molecule has 0 atom stereocenters. The molecule has 0 rings (SSSR count). The van der Waals surface area contributed by atoms with Crippen molar-refractivity contribution < 1.29 is 0 Å². The maximum atomic E-state index is 2.61. The first-order chi connectivity index (χ1) is 7.11. The minimum absolute atomic E-state index is 1.17. The normalized spacial score (nSPS) is 10.8. The molecule has 15 heavy (non-hydrogen) atoms. The third kappa shape index (κ3) is 7.61. The second kappa shape index (κ2) is 8.96. The molecule has 0 unspecified atom stereocenters. The number of unbranched alkanes of at least 4 members (excludes halogenated alkanes) is 2. The van der Waals surface area contributed by atoms with Crippen LogP contribution in [0.25, 0.3) is 0 Å². The van der Waals surface area contributed by atoms with E-state index in [1.807, 2.05) is 0 Å². The van der Waals surface area contributed by atoms with Crippen LogP contribution >= 0.6 is 0 Å². The highest BCUT2D eigenvalue weighted by molar-refractivity contribution is 5.08. The lowest BCUT2D eigenvalue weighted by Crippen LogP contribution is -2.28. The molecule has 0 radical (unpaired) electrons. The quantitative estimate of drug-likeness (QED) is 0.543. The van der Waals surface area contributed by atoms with Crippen molar-refractivity contribution in [2.45, 2.75) is 60.3 Å². The third-order valence-corrected chi connectivity index (χ3v) is 2.97. The van der Waals surface area contributed by atoms with Gasteiger partial charge in [-0.15, -0.1) is 0 Å². The summed E-state index contributed by atoms with van der Waals surface area (Å²) in [5, 5.41) is 0. The average Bonchev–Trinajstić information content (AvgIpc) is 2.21. The second-order valence-electron chi connectivity index (χ2n) is 4.76. The number of rotatable bonds is 8. The van der Waals surface area contributed by atoms with Crippen molar-refractivity contribution in [3.8, 4) is 0 Å². The average molecular weight is 211 g/mol. The van der Waals surface area contributed by atoms with Crippen LogP contribution in [-0.4, -0.2) is 24.5 Å². The van der Waals surface area contributed by atoms with Gasteiger partial charge in [0.15, 0.2) is 0 Å². The van der Waals surface area contributed by atoms with Crippen LogP contribution in [0.1, 0.15) is 60.3 Å². The lowest BCUT2D eigenvalue weighted by molar-refractivity contribution is 0.286. The Morgan fingerprint density at radius 1 is 0.867 bits per heavy atom. The zero-order valence-electron chi connectivity index (χ0n) is 11.4. The largest absolute Gasteiger partial charge is 0.299 e. The highest BCUT2D eigenvalue weighted by atomic mass is 15.1. The van der Waals surface area contributed by atoms with Crippen LogP contribution in [0.5, 0.6) is 0 Å². The van der Waals surface area contributed by atoms with Crippen LogP contribution in [0.3, 0.4) is 0 Å². The molecule has 0 bridgehead atoms. The summed E-state index contributed by atoms with van der Waals surface area (Å²) in [4.78, 5) is 2.61. The Morgan fingerprint density at radius 3 is 1.67 bits per heavy atom. The molecule has 0 aromatic heterocycles. The first-order valence-corrected chi connectivity index (χ1v) is 6.47. The zero-order valence-corrected chi connectivity index (χ0v) is 11.4. The molecule has 0 saturated carbocycles. The summed E-state index contributed by atoms with van der Waals surface area (Å²) in [6.45, 7) is 14.9. The molecular weight excluding hydrogens is 182 g/mol. The molecule has 0 aliphatic rings. The topological polar surface area (TPSA) is 3.24 Å². The van der Waals surface area contributed by atoms with Gasteiger partial charge < -0.3 is 0 Å². The lowest BCUT2D eigenvalue weighted by atomic mass is 10.1.